The molecular formula is C8H8ClF3N4O2. The van der Waals surface area contributed by atoms with Gasteiger partial charge in [0.15, 0.2) is 0 Å². The van der Waals surface area contributed by atoms with Crippen molar-refractivity contribution in [3.05, 3.63) is 21.6 Å². The lowest BCUT2D eigenvalue weighted by Crippen LogP contribution is -2.35. The van der Waals surface area contributed by atoms with Crippen LogP contribution >= 0.6 is 11.6 Å². The van der Waals surface area contributed by atoms with Gasteiger partial charge in [-0.3, -0.25) is 10.1 Å². The van der Waals surface area contributed by atoms with Gasteiger partial charge in [0.2, 0.25) is 11.0 Å². The topological polar surface area (TPSA) is 72.2 Å². The predicted molar refractivity (Wildman–Crippen MR) is 57.6 cm³/mol. The Morgan fingerprint density at radius 2 is 2.11 bits per heavy atom. The lowest BCUT2D eigenvalue weighted by atomic mass is 10.4. The Morgan fingerprint density at radius 1 is 1.50 bits per heavy atom. The molecule has 0 aliphatic carbocycles. The maximum Gasteiger partial charge on any atom is 0.405 e. The average Bonchev–Trinajstić information content (AvgIpc) is 2.23. The summed E-state index contributed by atoms with van der Waals surface area (Å²) in [6, 6.07) is 0. The van der Waals surface area contributed by atoms with E-state index in [4.69, 9.17) is 11.6 Å². The number of hydrogen-bond donors (Lipinski definition) is 0. The van der Waals surface area contributed by atoms with Crippen LogP contribution in [0, 0.1) is 10.1 Å². The summed E-state index contributed by atoms with van der Waals surface area (Å²) in [5.74, 6) is -0.445. The van der Waals surface area contributed by atoms with E-state index in [1.54, 1.807) is 0 Å². The van der Waals surface area contributed by atoms with Crippen molar-refractivity contribution in [3.8, 4) is 0 Å². The van der Waals surface area contributed by atoms with E-state index in [0.29, 0.717) is 4.90 Å². The Hall–Kier alpha value is -1.64. The van der Waals surface area contributed by atoms with Gasteiger partial charge in [0.1, 0.15) is 12.9 Å². The van der Waals surface area contributed by atoms with Crippen LogP contribution in [0.15, 0.2) is 6.33 Å². The number of anilines is 1. The van der Waals surface area contributed by atoms with Crippen LogP contribution in [0.5, 0.6) is 0 Å². The van der Waals surface area contributed by atoms with Gasteiger partial charge in [-0.2, -0.15) is 13.2 Å². The number of alkyl halides is 3. The molecular weight excluding hydrogens is 277 g/mol. The van der Waals surface area contributed by atoms with E-state index in [1.807, 2.05) is 0 Å². The van der Waals surface area contributed by atoms with E-state index in [1.165, 1.54) is 6.92 Å². The van der Waals surface area contributed by atoms with E-state index < -0.39 is 34.3 Å². The molecule has 1 aromatic rings. The zero-order chi connectivity index (χ0) is 13.9. The Labute approximate surface area is 105 Å². The van der Waals surface area contributed by atoms with Crippen LogP contribution in [0.25, 0.3) is 0 Å². The molecule has 0 saturated carbocycles. The van der Waals surface area contributed by atoms with E-state index in [9.17, 15) is 23.3 Å². The van der Waals surface area contributed by atoms with Crippen LogP contribution in [-0.4, -0.2) is 34.2 Å². The monoisotopic (exact) mass is 284 g/mol. The molecule has 0 amide bonds. The van der Waals surface area contributed by atoms with Gasteiger partial charge in [0.25, 0.3) is 0 Å². The third-order valence-corrected chi connectivity index (χ3v) is 2.27. The number of halogens is 4. The summed E-state index contributed by atoms with van der Waals surface area (Å²) in [7, 11) is 0. The molecule has 1 heterocycles. The van der Waals surface area contributed by atoms with Crippen LogP contribution < -0.4 is 4.90 Å². The van der Waals surface area contributed by atoms with Crippen molar-refractivity contribution in [3.63, 3.8) is 0 Å². The fraction of sp³-hybridized carbons (Fsp3) is 0.500. The molecule has 0 aromatic carbocycles. The summed E-state index contributed by atoms with van der Waals surface area (Å²) in [5, 5.41) is 10.3. The lowest BCUT2D eigenvalue weighted by Gasteiger charge is -2.22. The normalized spacial score (nSPS) is 11.4. The van der Waals surface area contributed by atoms with Crippen LogP contribution in [0.2, 0.25) is 5.15 Å². The summed E-state index contributed by atoms with van der Waals surface area (Å²) in [5.41, 5.74) is -0.731. The minimum absolute atomic E-state index is 0.103. The largest absolute Gasteiger partial charge is 0.405 e. The molecule has 1 rings (SSSR count). The Balaban J connectivity index is 3.21. The van der Waals surface area contributed by atoms with Crippen molar-refractivity contribution in [2.24, 2.45) is 0 Å². The fourth-order valence-electron chi connectivity index (χ4n) is 1.29. The lowest BCUT2D eigenvalue weighted by molar-refractivity contribution is -0.384. The summed E-state index contributed by atoms with van der Waals surface area (Å²) in [6.07, 6.45) is -3.62. The van der Waals surface area contributed by atoms with Crippen molar-refractivity contribution in [1.29, 1.82) is 0 Å². The van der Waals surface area contributed by atoms with Crippen LogP contribution in [-0.2, 0) is 0 Å². The SMILES string of the molecule is CCN(CC(F)(F)F)c1ncnc(Cl)c1[N+](=O)[O-]. The van der Waals surface area contributed by atoms with Gasteiger partial charge in [0, 0.05) is 6.54 Å². The zero-order valence-corrected chi connectivity index (χ0v) is 9.86. The molecule has 6 nitrogen and oxygen atoms in total. The molecule has 0 fully saturated rings. The Morgan fingerprint density at radius 3 is 2.56 bits per heavy atom. The van der Waals surface area contributed by atoms with Crippen LogP contribution in [0.4, 0.5) is 24.7 Å². The fourth-order valence-corrected chi connectivity index (χ4v) is 1.49. The Kier molecular flexibility index (Phi) is 4.28. The molecule has 0 aliphatic rings. The molecule has 0 aliphatic heterocycles. The maximum atomic E-state index is 12.3. The van der Waals surface area contributed by atoms with Gasteiger partial charge < -0.3 is 4.90 Å². The van der Waals surface area contributed by atoms with Gasteiger partial charge in [0.05, 0.1) is 4.92 Å². The van der Waals surface area contributed by atoms with Crippen molar-refractivity contribution in [2.75, 3.05) is 18.0 Å². The molecule has 0 N–H and O–H groups in total. The maximum absolute atomic E-state index is 12.3. The molecule has 0 radical (unpaired) electrons. The zero-order valence-electron chi connectivity index (χ0n) is 9.11. The predicted octanol–water partition coefficient (Wildman–Crippen LogP) is 2.43. The van der Waals surface area contributed by atoms with E-state index in [2.05, 4.69) is 9.97 Å². The van der Waals surface area contributed by atoms with E-state index >= 15 is 0 Å². The second-order valence-corrected chi connectivity index (χ2v) is 3.58. The molecule has 0 spiro atoms. The number of rotatable bonds is 4. The summed E-state index contributed by atoms with van der Waals surface area (Å²) < 4.78 is 37.0. The van der Waals surface area contributed by atoms with Gasteiger partial charge in [-0.05, 0) is 6.92 Å². The molecule has 10 heteroatoms. The first kappa shape index (κ1) is 14.4. The molecule has 18 heavy (non-hydrogen) atoms. The van der Waals surface area contributed by atoms with Crippen molar-refractivity contribution >= 4 is 23.1 Å². The van der Waals surface area contributed by atoms with Crippen LogP contribution in [0.3, 0.4) is 0 Å². The number of nitro groups is 1. The second-order valence-electron chi connectivity index (χ2n) is 3.22. The smallest absolute Gasteiger partial charge is 0.342 e. The minimum Gasteiger partial charge on any atom is -0.342 e. The highest BCUT2D eigenvalue weighted by Gasteiger charge is 2.34. The van der Waals surface area contributed by atoms with Gasteiger partial charge in [-0.1, -0.05) is 11.6 Å². The summed E-state index contributed by atoms with van der Waals surface area (Å²) >= 11 is 5.50. The minimum atomic E-state index is -4.50. The van der Waals surface area contributed by atoms with Crippen molar-refractivity contribution in [2.45, 2.75) is 13.1 Å². The first-order valence-electron chi connectivity index (χ1n) is 4.73. The second kappa shape index (κ2) is 5.34. The van der Waals surface area contributed by atoms with Crippen molar-refractivity contribution < 1.29 is 18.1 Å². The highest BCUT2D eigenvalue weighted by Crippen LogP contribution is 2.32. The molecule has 1 aromatic heterocycles. The average molecular weight is 285 g/mol. The third-order valence-electron chi connectivity index (χ3n) is 1.99. The summed E-state index contributed by atoms with van der Waals surface area (Å²) in [6.45, 7) is -0.0309. The highest BCUT2D eigenvalue weighted by atomic mass is 35.5. The van der Waals surface area contributed by atoms with Gasteiger partial charge in [-0.25, -0.2) is 9.97 Å². The molecule has 100 valence electrons. The van der Waals surface area contributed by atoms with E-state index in [0.717, 1.165) is 6.33 Å². The summed E-state index contributed by atoms with van der Waals surface area (Å²) in [4.78, 5) is 17.5. The standard InChI is InChI=1S/C8H8ClF3N4O2/c1-2-15(3-8(10,11)12)7-5(16(17)18)6(9)13-4-14-7/h4H,2-3H2,1H3. The molecule has 0 bridgehead atoms. The number of nitrogens with zero attached hydrogens (tertiary/aromatic N) is 4. The van der Waals surface area contributed by atoms with Crippen LogP contribution in [0.1, 0.15) is 6.92 Å². The first-order valence-corrected chi connectivity index (χ1v) is 5.10. The third kappa shape index (κ3) is 3.42. The first-order chi connectivity index (χ1) is 8.26. The molecule has 0 unspecified atom stereocenters. The van der Waals surface area contributed by atoms with Gasteiger partial charge >= 0.3 is 11.9 Å². The van der Waals surface area contributed by atoms with Crippen molar-refractivity contribution in [1.82, 2.24) is 9.97 Å². The quantitative estimate of drug-likeness (QED) is 0.482. The van der Waals surface area contributed by atoms with E-state index in [-0.39, 0.29) is 6.54 Å². The molecule has 0 saturated heterocycles. The Bertz CT molecular complexity index is 454. The number of hydrogen-bond acceptors (Lipinski definition) is 5. The molecule has 0 atom stereocenters. The van der Waals surface area contributed by atoms with Gasteiger partial charge in [-0.15, -0.1) is 0 Å². The highest BCUT2D eigenvalue weighted by molar-refractivity contribution is 6.31. The number of aromatic nitrogens is 2.